The van der Waals surface area contributed by atoms with Gasteiger partial charge in [0, 0.05) is 6.92 Å². The lowest BCUT2D eigenvalue weighted by atomic mass is 10.6. The SMILES string of the molecule is [2H]C([2H])(O)C([2H])([2H])n1c([N+](=O)[O-])cnc1C. The maximum Gasteiger partial charge on any atom is 0.342 e. The first-order valence-electron chi connectivity index (χ1n) is 5.00. The molecule has 0 fully saturated rings. The highest BCUT2D eigenvalue weighted by Gasteiger charge is 2.15. The van der Waals surface area contributed by atoms with Crippen LogP contribution in [-0.2, 0) is 6.50 Å². The average Bonchev–Trinajstić information content (AvgIpc) is 2.45. The van der Waals surface area contributed by atoms with Crippen molar-refractivity contribution in [2.75, 3.05) is 6.56 Å². The van der Waals surface area contributed by atoms with Crippen LogP contribution in [0, 0.1) is 17.0 Å². The van der Waals surface area contributed by atoms with Gasteiger partial charge in [-0.15, -0.1) is 0 Å². The molecule has 0 saturated heterocycles. The first-order valence-corrected chi connectivity index (χ1v) is 3.00. The zero-order valence-electron chi connectivity index (χ0n) is 10.2. The van der Waals surface area contributed by atoms with Gasteiger partial charge in [-0.05, 0) is 4.92 Å². The van der Waals surface area contributed by atoms with Crippen molar-refractivity contribution < 1.29 is 15.5 Å². The van der Waals surface area contributed by atoms with E-state index >= 15 is 0 Å². The van der Waals surface area contributed by atoms with Crippen LogP contribution in [0.25, 0.3) is 0 Å². The van der Waals surface area contributed by atoms with Crippen molar-refractivity contribution in [2.24, 2.45) is 0 Å². The maximum atomic E-state index is 10.6. The van der Waals surface area contributed by atoms with E-state index in [4.69, 9.17) is 10.6 Å². The quantitative estimate of drug-likeness (QED) is 0.521. The minimum atomic E-state index is -3.26. The molecule has 1 heterocycles. The number of hydrogen-bond donors (Lipinski definition) is 1. The zero-order chi connectivity index (χ0) is 12.7. The Kier molecular flexibility index (Phi) is 1.26. The van der Waals surface area contributed by atoms with E-state index in [-0.39, 0.29) is 5.82 Å². The molecule has 6 nitrogen and oxygen atoms in total. The predicted octanol–water partition coefficient (Wildman–Crippen LogP) is 0.0920. The van der Waals surface area contributed by atoms with E-state index in [9.17, 15) is 10.1 Å². The van der Waals surface area contributed by atoms with Gasteiger partial charge in [-0.3, -0.25) is 0 Å². The molecule has 6 heteroatoms. The molecule has 0 aliphatic heterocycles. The Morgan fingerprint density at radius 3 is 3.17 bits per heavy atom. The Balaban J connectivity index is 3.43. The summed E-state index contributed by atoms with van der Waals surface area (Å²) in [5, 5.41) is 19.6. The lowest BCUT2D eigenvalue weighted by Crippen LogP contribution is -2.07. The van der Waals surface area contributed by atoms with Gasteiger partial charge in [0.15, 0.2) is 5.82 Å². The highest BCUT2D eigenvalue weighted by atomic mass is 16.6. The van der Waals surface area contributed by atoms with E-state index in [1.807, 2.05) is 0 Å². The fourth-order valence-corrected chi connectivity index (χ4v) is 0.749. The molecule has 1 rings (SSSR count). The number of aryl methyl sites for hydroxylation is 1. The lowest BCUT2D eigenvalue weighted by molar-refractivity contribution is -0.392. The van der Waals surface area contributed by atoms with Crippen LogP contribution < -0.4 is 0 Å². The van der Waals surface area contributed by atoms with Gasteiger partial charge < -0.3 is 15.2 Å². The second kappa shape index (κ2) is 3.31. The Morgan fingerprint density at radius 1 is 2.00 bits per heavy atom. The van der Waals surface area contributed by atoms with E-state index in [1.54, 1.807) is 0 Å². The van der Waals surface area contributed by atoms with Crippen molar-refractivity contribution in [1.29, 1.82) is 0 Å². The van der Waals surface area contributed by atoms with E-state index < -0.39 is 23.8 Å². The summed E-state index contributed by atoms with van der Waals surface area (Å²) in [5.41, 5.74) is 0. The Bertz CT molecular complexity index is 425. The molecule has 0 radical (unpaired) electrons. The van der Waals surface area contributed by atoms with Gasteiger partial charge in [0.25, 0.3) is 0 Å². The number of imidazole rings is 1. The van der Waals surface area contributed by atoms with E-state index in [0.717, 1.165) is 6.20 Å². The Morgan fingerprint density at radius 2 is 2.67 bits per heavy atom. The molecule has 0 aromatic carbocycles. The summed E-state index contributed by atoms with van der Waals surface area (Å²) in [6.45, 7) is -4.96. The van der Waals surface area contributed by atoms with E-state index in [1.165, 1.54) is 6.92 Å². The number of hydrogen-bond acceptors (Lipinski definition) is 4. The monoisotopic (exact) mass is 175 g/mol. The molecular formula is C6H9N3O3. The first kappa shape index (κ1) is 4.56. The number of nitro groups is 1. The first-order chi connectivity index (χ1) is 7.09. The number of aliphatic hydroxyl groups is 1. The molecule has 0 aliphatic carbocycles. The highest BCUT2D eigenvalue weighted by Crippen LogP contribution is 2.12. The maximum absolute atomic E-state index is 10.6. The summed E-state index contributed by atoms with van der Waals surface area (Å²) < 4.78 is 29.0. The normalized spacial score (nSPS) is 17.5. The molecule has 12 heavy (non-hydrogen) atoms. The molecule has 0 atom stereocenters. The van der Waals surface area contributed by atoms with E-state index in [0.29, 0.717) is 4.57 Å². The van der Waals surface area contributed by atoms with Gasteiger partial charge in [0.2, 0.25) is 0 Å². The lowest BCUT2D eigenvalue weighted by Gasteiger charge is -1.98. The molecule has 1 aromatic rings. The van der Waals surface area contributed by atoms with Gasteiger partial charge in [0.05, 0.1) is 12.0 Å². The summed E-state index contributed by atoms with van der Waals surface area (Å²) in [5.74, 6) is -0.824. The Hall–Kier alpha value is -1.43. The van der Waals surface area contributed by atoms with Crippen LogP contribution >= 0.6 is 0 Å². The second-order valence-corrected chi connectivity index (χ2v) is 1.98. The van der Waals surface area contributed by atoms with Crippen molar-refractivity contribution in [1.82, 2.24) is 9.55 Å². The van der Waals surface area contributed by atoms with Crippen molar-refractivity contribution in [3.05, 3.63) is 22.1 Å². The summed E-state index contributed by atoms with van der Waals surface area (Å²) in [4.78, 5) is 13.2. The number of rotatable bonds is 3. The zero-order valence-corrected chi connectivity index (χ0v) is 6.18. The summed E-state index contributed by atoms with van der Waals surface area (Å²) in [7, 11) is 0. The van der Waals surface area contributed by atoms with Crippen molar-refractivity contribution in [3.63, 3.8) is 0 Å². The van der Waals surface area contributed by atoms with Crippen LogP contribution in [0.3, 0.4) is 0 Å². The second-order valence-electron chi connectivity index (χ2n) is 1.98. The standard InChI is InChI=1S/C6H9N3O3/c1-5-7-4-6(9(11)12)8(5)2-3-10/h4,10H,2-3H2,1H3/i2D2,3D2. The molecule has 1 N–H and O–H groups in total. The molecule has 66 valence electrons. The smallest absolute Gasteiger partial charge is 0.342 e. The van der Waals surface area contributed by atoms with Gasteiger partial charge >= 0.3 is 5.82 Å². The topological polar surface area (TPSA) is 81.2 Å². The van der Waals surface area contributed by atoms with Crippen LogP contribution in [0.5, 0.6) is 0 Å². The number of aromatic nitrogens is 2. The molecule has 0 amide bonds. The largest absolute Gasteiger partial charge is 0.392 e. The van der Waals surface area contributed by atoms with Gasteiger partial charge in [0.1, 0.15) is 12.7 Å². The molecule has 0 unspecified atom stereocenters. The van der Waals surface area contributed by atoms with Crippen LogP contribution in [0.4, 0.5) is 5.82 Å². The van der Waals surface area contributed by atoms with Crippen LogP contribution in [0.15, 0.2) is 6.20 Å². The molecule has 0 spiro atoms. The fourth-order valence-electron chi connectivity index (χ4n) is 0.749. The summed E-state index contributed by atoms with van der Waals surface area (Å²) >= 11 is 0. The third-order valence-corrected chi connectivity index (χ3v) is 1.27. The molecule has 0 saturated carbocycles. The Labute approximate surface area is 74.2 Å². The van der Waals surface area contributed by atoms with Gasteiger partial charge in [-0.2, -0.15) is 0 Å². The summed E-state index contributed by atoms with van der Waals surface area (Å²) in [6, 6.07) is 0. The molecule has 1 aromatic heterocycles. The fraction of sp³-hybridized carbons (Fsp3) is 0.500. The van der Waals surface area contributed by atoms with Crippen LogP contribution in [-0.4, -0.2) is 26.1 Å². The third-order valence-electron chi connectivity index (χ3n) is 1.27. The predicted molar refractivity (Wildman–Crippen MR) is 40.7 cm³/mol. The van der Waals surface area contributed by atoms with Crippen LogP contribution in [0.1, 0.15) is 11.3 Å². The highest BCUT2D eigenvalue weighted by molar-refractivity contribution is 5.18. The third kappa shape index (κ3) is 1.42. The van der Waals surface area contributed by atoms with Gasteiger partial charge in [-0.25, -0.2) is 9.55 Å². The van der Waals surface area contributed by atoms with Gasteiger partial charge in [-0.1, -0.05) is 0 Å². The van der Waals surface area contributed by atoms with Crippen molar-refractivity contribution >= 4 is 5.82 Å². The minimum Gasteiger partial charge on any atom is -0.392 e. The summed E-state index contributed by atoms with van der Waals surface area (Å²) in [6.07, 6.45) is 0.804. The molecular weight excluding hydrogens is 162 g/mol. The molecule has 0 aliphatic rings. The minimum absolute atomic E-state index is 0.102. The average molecular weight is 175 g/mol. The van der Waals surface area contributed by atoms with Crippen molar-refractivity contribution in [2.45, 2.75) is 13.4 Å². The van der Waals surface area contributed by atoms with Crippen molar-refractivity contribution in [3.8, 4) is 0 Å². The van der Waals surface area contributed by atoms with Crippen LogP contribution in [0.2, 0.25) is 0 Å². The molecule has 0 bridgehead atoms. The number of nitrogens with zero attached hydrogens (tertiary/aromatic N) is 3. The van der Waals surface area contributed by atoms with E-state index in [2.05, 4.69) is 4.98 Å².